The molecule has 0 radical (unpaired) electrons. The number of hydrogen-bond acceptors (Lipinski definition) is 3. The quantitative estimate of drug-likeness (QED) is 0.467. The molecule has 0 saturated carbocycles. The van der Waals surface area contributed by atoms with Crippen molar-refractivity contribution in [3.05, 3.63) is 54.1 Å². The molecule has 0 aliphatic heterocycles. The number of nitrogens with two attached hydrogens (primary N) is 1. The minimum atomic E-state index is 0.275. The Kier molecular flexibility index (Phi) is 6.54. The molecule has 124 valence electrons. The van der Waals surface area contributed by atoms with E-state index in [1.165, 1.54) is 0 Å². The van der Waals surface area contributed by atoms with Crippen LogP contribution in [0.1, 0.15) is 5.56 Å². The van der Waals surface area contributed by atoms with E-state index in [1.807, 2.05) is 48.5 Å². The number of hydrogen-bond donors (Lipinski definition) is 2. The van der Waals surface area contributed by atoms with Crippen LogP contribution in [-0.4, -0.2) is 26.2 Å². The van der Waals surface area contributed by atoms with Crippen LogP contribution in [0.4, 0.5) is 5.69 Å². The highest BCUT2D eigenvalue weighted by molar-refractivity contribution is 5.92. The lowest BCUT2D eigenvalue weighted by atomic mass is 10.1. The van der Waals surface area contributed by atoms with Gasteiger partial charge in [0.15, 0.2) is 5.96 Å². The Balaban J connectivity index is 1.80. The van der Waals surface area contributed by atoms with Gasteiger partial charge in [0, 0.05) is 12.2 Å². The molecule has 0 fully saturated rings. The summed E-state index contributed by atoms with van der Waals surface area (Å²) >= 11 is 0. The van der Waals surface area contributed by atoms with Crippen molar-refractivity contribution in [1.29, 1.82) is 0 Å². The average Bonchev–Trinajstić information content (AvgIpc) is 2.61. The zero-order valence-corrected chi connectivity index (χ0v) is 13.7. The molecule has 0 amide bonds. The fourth-order valence-electron chi connectivity index (χ4n) is 2.04. The van der Waals surface area contributed by atoms with Crippen LogP contribution in [0.3, 0.4) is 0 Å². The van der Waals surface area contributed by atoms with Gasteiger partial charge in [-0.05, 0) is 48.4 Å². The molecule has 2 aromatic carbocycles. The molecule has 2 rings (SSSR count). The van der Waals surface area contributed by atoms with Gasteiger partial charge in [0.25, 0.3) is 0 Å². The van der Waals surface area contributed by atoms with Gasteiger partial charge in [-0.2, -0.15) is 0 Å². The lowest BCUT2D eigenvalue weighted by molar-refractivity contribution is 0.370. The van der Waals surface area contributed by atoms with Crippen LogP contribution >= 0.6 is 0 Å². The summed E-state index contributed by atoms with van der Waals surface area (Å²) < 4.78 is 10.4. The normalized spacial score (nSPS) is 10.8. The van der Waals surface area contributed by atoms with Crippen molar-refractivity contribution in [3.8, 4) is 23.8 Å². The van der Waals surface area contributed by atoms with Crippen molar-refractivity contribution in [2.75, 3.05) is 25.6 Å². The molecule has 5 heteroatoms. The molecule has 3 N–H and O–H groups in total. The first-order chi connectivity index (χ1) is 11.7. The Bertz CT molecular complexity index is 701. The number of ether oxygens (including phenoxy) is 2. The van der Waals surface area contributed by atoms with Gasteiger partial charge in [-0.1, -0.05) is 18.1 Å². The maximum atomic E-state index is 5.89. The third-order valence-corrected chi connectivity index (χ3v) is 3.29. The van der Waals surface area contributed by atoms with Crippen molar-refractivity contribution in [2.24, 2.45) is 10.7 Å². The maximum Gasteiger partial charge on any atom is 0.193 e. The van der Waals surface area contributed by atoms with Crippen LogP contribution in [0, 0.1) is 12.3 Å². The predicted molar refractivity (Wildman–Crippen MR) is 97.6 cm³/mol. The Labute approximate surface area is 142 Å². The predicted octanol–water partition coefficient (Wildman–Crippen LogP) is 2.68. The van der Waals surface area contributed by atoms with Crippen molar-refractivity contribution in [2.45, 2.75) is 6.42 Å². The van der Waals surface area contributed by atoms with Crippen LogP contribution in [-0.2, 0) is 6.42 Å². The van der Waals surface area contributed by atoms with E-state index in [0.29, 0.717) is 12.5 Å². The number of guanidine groups is 1. The summed E-state index contributed by atoms with van der Waals surface area (Å²) in [4.78, 5) is 4.32. The molecule has 0 aliphatic carbocycles. The summed E-state index contributed by atoms with van der Waals surface area (Å²) in [7, 11) is 1.63. The highest BCUT2D eigenvalue weighted by Gasteiger charge is 1.98. The van der Waals surface area contributed by atoms with E-state index in [9.17, 15) is 0 Å². The summed E-state index contributed by atoms with van der Waals surface area (Å²) in [6.07, 6.45) is 5.95. The molecule has 5 nitrogen and oxygen atoms in total. The highest BCUT2D eigenvalue weighted by atomic mass is 16.5. The van der Waals surface area contributed by atoms with Crippen LogP contribution in [0.2, 0.25) is 0 Å². The average molecular weight is 323 g/mol. The molecule has 0 aliphatic rings. The van der Waals surface area contributed by atoms with Gasteiger partial charge in [-0.3, -0.25) is 4.99 Å². The van der Waals surface area contributed by atoms with Crippen molar-refractivity contribution in [3.63, 3.8) is 0 Å². The van der Waals surface area contributed by atoms with E-state index in [2.05, 4.69) is 16.2 Å². The van der Waals surface area contributed by atoms with E-state index < -0.39 is 0 Å². The first-order valence-electron chi connectivity index (χ1n) is 7.57. The maximum absolute atomic E-state index is 5.89. The number of rotatable bonds is 7. The second-order valence-corrected chi connectivity index (χ2v) is 5.01. The summed E-state index contributed by atoms with van der Waals surface area (Å²) in [6.45, 7) is 0.872. The second kappa shape index (κ2) is 9.11. The minimum absolute atomic E-state index is 0.275. The first-order valence-corrected chi connectivity index (χ1v) is 7.57. The van der Waals surface area contributed by atoms with Crippen molar-refractivity contribution >= 4 is 11.6 Å². The second-order valence-electron chi connectivity index (χ2n) is 5.01. The number of aliphatic imine (C=N–C) groups is 1. The SMILES string of the molecule is C#CCOc1ccc(CCN=C(N)Nc2ccc(OC)cc2)cc1. The molecular weight excluding hydrogens is 302 g/mol. The summed E-state index contributed by atoms with van der Waals surface area (Å²) in [5.41, 5.74) is 7.91. The zero-order valence-electron chi connectivity index (χ0n) is 13.7. The minimum Gasteiger partial charge on any atom is -0.497 e. The molecular formula is C19H21N3O2. The van der Waals surface area contributed by atoms with Gasteiger partial charge < -0.3 is 20.5 Å². The fourth-order valence-corrected chi connectivity index (χ4v) is 2.04. The van der Waals surface area contributed by atoms with E-state index >= 15 is 0 Å². The Morgan fingerprint density at radius 3 is 2.42 bits per heavy atom. The molecule has 0 heterocycles. The summed E-state index contributed by atoms with van der Waals surface area (Å²) in [6, 6.07) is 15.3. The van der Waals surface area contributed by atoms with Gasteiger partial charge in [0.2, 0.25) is 0 Å². The largest absolute Gasteiger partial charge is 0.497 e. The number of anilines is 1. The highest BCUT2D eigenvalue weighted by Crippen LogP contribution is 2.15. The van der Waals surface area contributed by atoms with Crippen LogP contribution in [0.5, 0.6) is 11.5 Å². The van der Waals surface area contributed by atoms with E-state index in [1.54, 1.807) is 7.11 Å². The monoisotopic (exact) mass is 323 g/mol. The molecule has 0 bridgehead atoms. The fraction of sp³-hybridized carbons (Fsp3) is 0.211. The Morgan fingerprint density at radius 2 is 1.79 bits per heavy atom. The number of terminal acetylenes is 1. The van der Waals surface area contributed by atoms with Gasteiger partial charge in [-0.15, -0.1) is 6.42 Å². The van der Waals surface area contributed by atoms with Crippen molar-refractivity contribution in [1.82, 2.24) is 0 Å². The zero-order chi connectivity index (χ0) is 17.2. The first kappa shape index (κ1) is 17.2. The summed E-state index contributed by atoms with van der Waals surface area (Å²) in [5, 5.41) is 3.05. The van der Waals surface area contributed by atoms with Gasteiger partial charge in [-0.25, -0.2) is 0 Å². The lowest BCUT2D eigenvalue weighted by Gasteiger charge is -2.07. The Morgan fingerprint density at radius 1 is 1.12 bits per heavy atom. The third-order valence-electron chi connectivity index (χ3n) is 3.29. The number of methoxy groups -OCH3 is 1. The molecule has 0 unspecified atom stereocenters. The van der Waals surface area contributed by atoms with Gasteiger partial charge in [0.1, 0.15) is 18.1 Å². The van der Waals surface area contributed by atoms with E-state index in [-0.39, 0.29) is 6.61 Å². The number of benzene rings is 2. The molecule has 0 aromatic heterocycles. The van der Waals surface area contributed by atoms with Gasteiger partial charge in [0.05, 0.1) is 7.11 Å². The van der Waals surface area contributed by atoms with E-state index in [0.717, 1.165) is 29.2 Å². The lowest BCUT2D eigenvalue weighted by Crippen LogP contribution is -2.23. The van der Waals surface area contributed by atoms with Crippen LogP contribution in [0.15, 0.2) is 53.5 Å². The smallest absolute Gasteiger partial charge is 0.193 e. The molecule has 0 saturated heterocycles. The molecule has 24 heavy (non-hydrogen) atoms. The van der Waals surface area contributed by atoms with Gasteiger partial charge >= 0.3 is 0 Å². The Hall–Kier alpha value is -3.13. The molecule has 2 aromatic rings. The van der Waals surface area contributed by atoms with E-state index in [4.69, 9.17) is 21.6 Å². The van der Waals surface area contributed by atoms with Crippen LogP contribution < -0.4 is 20.5 Å². The molecule has 0 atom stereocenters. The number of nitrogens with one attached hydrogen (secondary N) is 1. The third kappa shape index (κ3) is 5.58. The topological polar surface area (TPSA) is 68.9 Å². The number of nitrogens with zero attached hydrogens (tertiary/aromatic N) is 1. The van der Waals surface area contributed by atoms with Crippen molar-refractivity contribution < 1.29 is 9.47 Å². The van der Waals surface area contributed by atoms with Crippen LogP contribution in [0.25, 0.3) is 0 Å². The summed E-state index contributed by atoms with van der Waals surface area (Å²) in [5.74, 6) is 4.38. The molecule has 0 spiro atoms. The standard InChI is InChI=1S/C19H21N3O2/c1-3-14-24-18-8-4-15(5-9-18)12-13-21-19(20)22-16-6-10-17(23-2)11-7-16/h1,4-11H,12-14H2,2H3,(H3,20,21,22).